The Morgan fingerprint density at radius 2 is 2.04 bits per heavy atom. The Morgan fingerprint density at radius 3 is 2.75 bits per heavy atom. The van der Waals surface area contributed by atoms with Gasteiger partial charge >= 0.3 is 5.97 Å². The summed E-state index contributed by atoms with van der Waals surface area (Å²) in [6.45, 7) is 3.26. The van der Waals surface area contributed by atoms with E-state index >= 15 is 0 Å². The number of ether oxygens (including phenoxy) is 1. The SMILES string of the molecule is CCOC(=O)[C@H](C)N1C(=O)S/C(=C\c2ccc(-c3cccc(Cl)c3Cl)o2)C1=O. The quantitative estimate of drug-likeness (QED) is 0.468. The highest BCUT2D eigenvalue weighted by Crippen LogP contribution is 2.37. The minimum atomic E-state index is -1.00. The first-order valence-electron chi connectivity index (χ1n) is 8.31. The molecule has 0 aliphatic carbocycles. The van der Waals surface area contributed by atoms with Crippen molar-refractivity contribution in [2.24, 2.45) is 0 Å². The topological polar surface area (TPSA) is 76.8 Å². The minimum Gasteiger partial charge on any atom is -0.464 e. The highest BCUT2D eigenvalue weighted by atomic mass is 35.5. The summed E-state index contributed by atoms with van der Waals surface area (Å²) in [7, 11) is 0. The molecule has 1 fully saturated rings. The van der Waals surface area contributed by atoms with Crippen molar-refractivity contribution in [2.75, 3.05) is 6.61 Å². The van der Waals surface area contributed by atoms with Crippen LogP contribution in [0, 0.1) is 0 Å². The highest BCUT2D eigenvalue weighted by Gasteiger charge is 2.41. The molecule has 2 heterocycles. The summed E-state index contributed by atoms with van der Waals surface area (Å²) >= 11 is 13.0. The third-order valence-corrected chi connectivity index (χ3v) is 5.66. The summed E-state index contributed by atoms with van der Waals surface area (Å²) < 4.78 is 10.6. The Kier molecular flexibility index (Phi) is 6.17. The second-order valence-electron chi connectivity index (χ2n) is 5.78. The van der Waals surface area contributed by atoms with E-state index in [1.54, 1.807) is 37.3 Å². The van der Waals surface area contributed by atoms with Crippen LogP contribution in [0.5, 0.6) is 0 Å². The molecule has 1 aromatic heterocycles. The van der Waals surface area contributed by atoms with E-state index in [4.69, 9.17) is 32.4 Å². The Morgan fingerprint density at radius 1 is 1.29 bits per heavy atom. The zero-order valence-electron chi connectivity index (χ0n) is 14.9. The lowest BCUT2D eigenvalue weighted by atomic mass is 10.2. The lowest BCUT2D eigenvalue weighted by molar-refractivity contribution is -0.150. The largest absolute Gasteiger partial charge is 0.464 e. The van der Waals surface area contributed by atoms with E-state index in [2.05, 4.69) is 0 Å². The van der Waals surface area contributed by atoms with Gasteiger partial charge in [0, 0.05) is 11.6 Å². The number of amides is 2. The van der Waals surface area contributed by atoms with Crippen LogP contribution in [0.1, 0.15) is 19.6 Å². The Balaban J connectivity index is 1.84. The average molecular weight is 440 g/mol. The number of carbonyl (C=O) groups excluding carboxylic acids is 3. The molecular formula is C19H15Cl2NO5S. The van der Waals surface area contributed by atoms with Gasteiger partial charge in [0.1, 0.15) is 17.6 Å². The maximum absolute atomic E-state index is 12.6. The van der Waals surface area contributed by atoms with E-state index < -0.39 is 23.2 Å². The van der Waals surface area contributed by atoms with Crippen molar-refractivity contribution in [1.82, 2.24) is 4.90 Å². The normalized spacial score (nSPS) is 16.7. The molecule has 1 aliphatic heterocycles. The molecule has 1 aliphatic rings. The molecule has 0 saturated carbocycles. The predicted molar refractivity (Wildman–Crippen MR) is 108 cm³/mol. The second-order valence-corrected chi connectivity index (χ2v) is 7.56. The molecule has 0 unspecified atom stereocenters. The number of benzene rings is 1. The summed E-state index contributed by atoms with van der Waals surface area (Å²) in [5.74, 6) is -0.380. The molecule has 2 aromatic rings. The van der Waals surface area contributed by atoms with Gasteiger partial charge in [-0.3, -0.25) is 14.5 Å². The second kappa shape index (κ2) is 8.43. The maximum atomic E-state index is 12.6. The van der Waals surface area contributed by atoms with Crippen LogP contribution in [0.15, 0.2) is 39.7 Å². The van der Waals surface area contributed by atoms with Gasteiger partial charge in [0.2, 0.25) is 0 Å². The van der Waals surface area contributed by atoms with E-state index in [-0.39, 0.29) is 11.5 Å². The number of nitrogens with zero attached hydrogens (tertiary/aromatic N) is 1. The van der Waals surface area contributed by atoms with Crippen molar-refractivity contribution in [3.05, 3.63) is 51.0 Å². The molecule has 1 aromatic carbocycles. The number of furan rings is 1. The van der Waals surface area contributed by atoms with Crippen LogP contribution in [0.25, 0.3) is 17.4 Å². The van der Waals surface area contributed by atoms with Crippen molar-refractivity contribution < 1.29 is 23.5 Å². The fourth-order valence-corrected chi connectivity index (χ4v) is 3.86. The standard InChI is InChI=1S/C19H15Cl2NO5S/c1-3-26-18(24)10(2)22-17(23)15(28-19(22)25)9-11-7-8-14(27-11)12-5-4-6-13(20)16(12)21/h4-10H,3H2,1-2H3/b15-9-/t10-/m0/s1. The summed E-state index contributed by atoms with van der Waals surface area (Å²) in [5, 5.41) is 0.210. The molecule has 9 heteroatoms. The van der Waals surface area contributed by atoms with Crippen molar-refractivity contribution in [2.45, 2.75) is 19.9 Å². The number of halogens is 2. The number of carbonyl (C=O) groups is 3. The summed E-state index contributed by atoms with van der Waals surface area (Å²) in [6.07, 6.45) is 1.45. The van der Waals surface area contributed by atoms with E-state index in [9.17, 15) is 14.4 Å². The molecule has 1 atom stereocenters. The fraction of sp³-hybridized carbons (Fsp3) is 0.211. The van der Waals surface area contributed by atoms with Gasteiger partial charge in [-0.2, -0.15) is 0 Å². The Labute approximate surface area is 175 Å². The van der Waals surface area contributed by atoms with Gasteiger partial charge in [0.25, 0.3) is 11.1 Å². The predicted octanol–water partition coefficient (Wildman–Crippen LogP) is 5.24. The van der Waals surface area contributed by atoms with Gasteiger partial charge in [-0.25, -0.2) is 4.79 Å². The van der Waals surface area contributed by atoms with Crippen molar-refractivity contribution >= 4 is 58.2 Å². The number of imide groups is 1. The van der Waals surface area contributed by atoms with Crippen molar-refractivity contribution in [3.63, 3.8) is 0 Å². The lowest BCUT2D eigenvalue weighted by Crippen LogP contribution is -2.42. The third kappa shape index (κ3) is 3.97. The van der Waals surface area contributed by atoms with Gasteiger partial charge in [0.05, 0.1) is 21.6 Å². The third-order valence-electron chi connectivity index (χ3n) is 3.96. The summed E-state index contributed by atoms with van der Waals surface area (Å²) in [6, 6.07) is 7.50. The molecule has 28 heavy (non-hydrogen) atoms. The van der Waals surface area contributed by atoms with Crippen LogP contribution in [-0.4, -0.2) is 34.7 Å². The zero-order valence-corrected chi connectivity index (χ0v) is 17.2. The van der Waals surface area contributed by atoms with Crippen LogP contribution in [0.2, 0.25) is 10.0 Å². The smallest absolute Gasteiger partial charge is 0.329 e. The van der Waals surface area contributed by atoms with Crippen LogP contribution in [-0.2, 0) is 14.3 Å². The van der Waals surface area contributed by atoms with Gasteiger partial charge in [-0.15, -0.1) is 0 Å². The molecule has 0 bridgehead atoms. The summed E-state index contributed by atoms with van der Waals surface area (Å²) in [5.41, 5.74) is 0.609. The number of hydrogen-bond acceptors (Lipinski definition) is 6. The van der Waals surface area contributed by atoms with Gasteiger partial charge in [0.15, 0.2) is 0 Å². The van der Waals surface area contributed by atoms with Crippen LogP contribution in [0.3, 0.4) is 0 Å². The van der Waals surface area contributed by atoms with E-state index in [0.717, 1.165) is 16.7 Å². The zero-order chi connectivity index (χ0) is 20.4. The van der Waals surface area contributed by atoms with Crippen molar-refractivity contribution in [1.29, 1.82) is 0 Å². The molecule has 0 N–H and O–H groups in total. The molecule has 1 saturated heterocycles. The first-order valence-corrected chi connectivity index (χ1v) is 9.88. The van der Waals surface area contributed by atoms with Crippen LogP contribution < -0.4 is 0 Å². The first kappa shape index (κ1) is 20.5. The average Bonchev–Trinajstić information content (AvgIpc) is 3.22. The van der Waals surface area contributed by atoms with E-state index in [1.165, 1.54) is 13.0 Å². The van der Waals surface area contributed by atoms with Crippen LogP contribution >= 0.6 is 35.0 Å². The number of esters is 1. The molecule has 0 radical (unpaired) electrons. The molecule has 2 amide bonds. The van der Waals surface area contributed by atoms with Crippen LogP contribution in [0.4, 0.5) is 4.79 Å². The Hall–Kier alpha value is -2.22. The van der Waals surface area contributed by atoms with Gasteiger partial charge in [-0.1, -0.05) is 29.3 Å². The molecule has 146 valence electrons. The number of thioether (sulfide) groups is 1. The maximum Gasteiger partial charge on any atom is 0.329 e. The Bertz CT molecular complexity index is 984. The molecular weight excluding hydrogens is 425 g/mol. The number of rotatable bonds is 5. The van der Waals surface area contributed by atoms with Gasteiger partial charge in [-0.05, 0) is 49.9 Å². The van der Waals surface area contributed by atoms with Crippen molar-refractivity contribution in [3.8, 4) is 11.3 Å². The van der Waals surface area contributed by atoms with E-state index in [1.807, 2.05) is 0 Å². The molecule has 3 rings (SSSR count). The lowest BCUT2D eigenvalue weighted by Gasteiger charge is -2.19. The summed E-state index contributed by atoms with van der Waals surface area (Å²) in [4.78, 5) is 37.7. The van der Waals surface area contributed by atoms with Gasteiger partial charge < -0.3 is 9.15 Å². The monoisotopic (exact) mass is 439 g/mol. The fourth-order valence-electron chi connectivity index (χ4n) is 2.58. The van der Waals surface area contributed by atoms with E-state index in [0.29, 0.717) is 27.1 Å². The highest BCUT2D eigenvalue weighted by molar-refractivity contribution is 8.18. The minimum absolute atomic E-state index is 0.152. The molecule has 0 spiro atoms. The molecule has 6 nitrogen and oxygen atoms in total. The first-order chi connectivity index (χ1) is 13.3. The number of hydrogen-bond donors (Lipinski definition) is 0.